The summed E-state index contributed by atoms with van der Waals surface area (Å²) in [5.41, 5.74) is 0. The lowest BCUT2D eigenvalue weighted by Crippen LogP contribution is -2.48. The molecule has 1 saturated carbocycles. The van der Waals surface area contributed by atoms with Crippen molar-refractivity contribution in [1.29, 1.82) is 0 Å². The Morgan fingerprint density at radius 2 is 2.14 bits per heavy atom. The lowest BCUT2D eigenvalue weighted by Gasteiger charge is -2.53. The fourth-order valence-corrected chi connectivity index (χ4v) is 5.29. The van der Waals surface area contributed by atoms with Crippen LogP contribution in [0.5, 0.6) is 0 Å². The Bertz CT molecular complexity index is 199. The van der Waals surface area contributed by atoms with Gasteiger partial charge >= 0.3 is 0 Å². The molecule has 2 rings (SSSR count). The number of rotatable bonds is 2. The van der Waals surface area contributed by atoms with E-state index in [1.807, 2.05) is 0 Å². The molecule has 3 atom stereocenters. The van der Waals surface area contributed by atoms with E-state index in [2.05, 4.69) is 32.5 Å². The zero-order chi connectivity index (χ0) is 10.2. The second kappa shape index (κ2) is 4.08. The van der Waals surface area contributed by atoms with Gasteiger partial charge in [-0.3, -0.25) is 0 Å². The molecule has 82 valence electrons. The summed E-state index contributed by atoms with van der Waals surface area (Å²) >= 11 is 2.31. The minimum Gasteiger partial charge on any atom is -0.155 e. The highest BCUT2D eigenvalue weighted by atomic mass is 32.2. The lowest BCUT2D eigenvalue weighted by molar-refractivity contribution is 0.149. The van der Waals surface area contributed by atoms with Gasteiger partial charge in [0, 0.05) is 4.75 Å². The Labute approximate surface area is 93.2 Å². The Balaban J connectivity index is 1.94. The van der Waals surface area contributed by atoms with Crippen LogP contribution in [0.25, 0.3) is 0 Å². The van der Waals surface area contributed by atoms with Gasteiger partial charge in [-0.2, -0.15) is 11.8 Å². The highest BCUT2D eigenvalue weighted by Gasteiger charge is 2.48. The molecule has 0 aromatic carbocycles. The standard InChI is InChI=1S/C13H24S/c1-10(2)8-12-4-6-13(12)9-11(3)5-7-14-13/h10-12H,4-9H2,1-3H3. The first-order valence-electron chi connectivity index (χ1n) is 6.26. The van der Waals surface area contributed by atoms with E-state index in [9.17, 15) is 0 Å². The van der Waals surface area contributed by atoms with Crippen LogP contribution < -0.4 is 0 Å². The van der Waals surface area contributed by atoms with Crippen LogP contribution in [0.2, 0.25) is 0 Å². The second-order valence-corrected chi connectivity index (χ2v) is 7.39. The van der Waals surface area contributed by atoms with Crippen LogP contribution in [0.1, 0.15) is 52.9 Å². The van der Waals surface area contributed by atoms with Gasteiger partial charge in [-0.1, -0.05) is 20.8 Å². The highest BCUT2D eigenvalue weighted by molar-refractivity contribution is 8.00. The summed E-state index contributed by atoms with van der Waals surface area (Å²) in [6, 6.07) is 0. The number of hydrogen-bond acceptors (Lipinski definition) is 1. The smallest absolute Gasteiger partial charge is 0.0191 e. The van der Waals surface area contributed by atoms with Gasteiger partial charge in [-0.05, 0) is 55.6 Å². The molecule has 1 saturated heterocycles. The zero-order valence-corrected chi connectivity index (χ0v) is 10.7. The monoisotopic (exact) mass is 212 g/mol. The molecule has 14 heavy (non-hydrogen) atoms. The molecule has 0 aromatic rings. The molecular formula is C13H24S. The van der Waals surface area contributed by atoms with E-state index in [1.165, 1.54) is 37.9 Å². The van der Waals surface area contributed by atoms with Crippen molar-refractivity contribution in [3.63, 3.8) is 0 Å². The zero-order valence-electron chi connectivity index (χ0n) is 9.88. The third-order valence-corrected chi connectivity index (χ3v) is 5.83. The largest absolute Gasteiger partial charge is 0.155 e. The summed E-state index contributed by atoms with van der Waals surface area (Å²) in [6.45, 7) is 7.21. The second-order valence-electron chi connectivity index (χ2n) is 5.88. The van der Waals surface area contributed by atoms with E-state index in [0.29, 0.717) is 0 Å². The van der Waals surface area contributed by atoms with E-state index in [4.69, 9.17) is 0 Å². The third-order valence-electron chi connectivity index (χ3n) is 4.11. The van der Waals surface area contributed by atoms with Gasteiger partial charge in [0.1, 0.15) is 0 Å². The summed E-state index contributed by atoms with van der Waals surface area (Å²) in [6.07, 6.45) is 7.47. The minimum absolute atomic E-state index is 0.738. The van der Waals surface area contributed by atoms with Crippen LogP contribution in [0.15, 0.2) is 0 Å². The molecule has 3 unspecified atom stereocenters. The highest BCUT2D eigenvalue weighted by Crippen LogP contribution is 2.57. The number of thioether (sulfide) groups is 1. The molecule has 2 aliphatic rings. The van der Waals surface area contributed by atoms with E-state index in [1.54, 1.807) is 0 Å². The Hall–Kier alpha value is 0.350. The van der Waals surface area contributed by atoms with Crippen molar-refractivity contribution in [3.05, 3.63) is 0 Å². The normalized spacial score (nSPS) is 42.9. The molecule has 0 bridgehead atoms. The molecule has 1 aliphatic carbocycles. The summed E-state index contributed by atoms with van der Waals surface area (Å²) in [5.74, 6) is 4.37. The molecule has 1 aliphatic heterocycles. The number of hydrogen-bond donors (Lipinski definition) is 0. The van der Waals surface area contributed by atoms with Crippen LogP contribution in [0.3, 0.4) is 0 Å². The van der Waals surface area contributed by atoms with E-state index < -0.39 is 0 Å². The van der Waals surface area contributed by atoms with Gasteiger partial charge in [0.05, 0.1) is 0 Å². The third kappa shape index (κ3) is 1.98. The van der Waals surface area contributed by atoms with Gasteiger partial charge in [0.25, 0.3) is 0 Å². The maximum absolute atomic E-state index is 2.45. The van der Waals surface area contributed by atoms with Gasteiger partial charge in [-0.25, -0.2) is 0 Å². The average molecular weight is 212 g/mol. The molecule has 2 fully saturated rings. The summed E-state index contributed by atoms with van der Waals surface area (Å²) in [5, 5.41) is 0. The van der Waals surface area contributed by atoms with Crippen molar-refractivity contribution >= 4 is 11.8 Å². The van der Waals surface area contributed by atoms with Crippen molar-refractivity contribution < 1.29 is 0 Å². The molecule has 0 radical (unpaired) electrons. The Morgan fingerprint density at radius 1 is 1.36 bits per heavy atom. The van der Waals surface area contributed by atoms with Crippen molar-refractivity contribution in [1.82, 2.24) is 0 Å². The quantitative estimate of drug-likeness (QED) is 0.656. The van der Waals surface area contributed by atoms with Gasteiger partial charge < -0.3 is 0 Å². The van der Waals surface area contributed by atoms with Crippen LogP contribution in [0.4, 0.5) is 0 Å². The predicted octanol–water partition coefficient (Wildman–Crippen LogP) is 4.34. The van der Waals surface area contributed by atoms with E-state index in [0.717, 1.165) is 22.5 Å². The Kier molecular flexibility index (Phi) is 3.16. The van der Waals surface area contributed by atoms with Crippen LogP contribution in [-0.4, -0.2) is 10.5 Å². The molecule has 0 nitrogen and oxygen atoms in total. The predicted molar refractivity (Wildman–Crippen MR) is 65.8 cm³/mol. The first-order valence-corrected chi connectivity index (χ1v) is 7.25. The molecule has 0 aromatic heterocycles. The maximum Gasteiger partial charge on any atom is 0.0191 e. The van der Waals surface area contributed by atoms with Crippen LogP contribution in [0, 0.1) is 17.8 Å². The topological polar surface area (TPSA) is 0 Å². The van der Waals surface area contributed by atoms with E-state index in [-0.39, 0.29) is 0 Å². The SMILES string of the molecule is CC(C)CC1CCC12CC(C)CCS2. The molecule has 1 heterocycles. The fraction of sp³-hybridized carbons (Fsp3) is 1.00. The first-order chi connectivity index (χ1) is 6.62. The minimum atomic E-state index is 0.738. The van der Waals surface area contributed by atoms with Gasteiger partial charge in [0.15, 0.2) is 0 Å². The average Bonchev–Trinajstić information content (AvgIpc) is 2.12. The summed E-state index contributed by atoms with van der Waals surface area (Å²) < 4.78 is 0.738. The first kappa shape index (κ1) is 10.9. The van der Waals surface area contributed by atoms with Crippen molar-refractivity contribution in [3.8, 4) is 0 Å². The van der Waals surface area contributed by atoms with Crippen molar-refractivity contribution in [2.24, 2.45) is 17.8 Å². The van der Waals surface area contributed by atoms with Crippen LogP contribution >= 0.6 is 11.8 Å². The van der Waals surface area contributed by atoms with Crippen molar-refractivity contribution in [2.75, 3.05) is 5.75 Å². The molecule has 0 N–H and O–H groups in total. The summed E-state index contributed by atoms with van der Waals surface area (Å²) in [7, 11) is 0. The molecule has 1 heteroatoms. The fourth-order valence-electron chi connectivity index (χ4n) is 3.25. The maximum atomic E-state index is 2.45. The molecule has 0 amide bonds. The van der Waals surface area contributed by atoms with Crippen molar-refractivity contribution in [2.45, 2.75) is 57.6 Å². The van der Waals surface area contributed by atoms with Crippen LogP contribution in [-0.2, 0) is 0 Å². The molecular weight excluding hydrogens is 188 g/mol. The Morgan fingerprint density at radius 3 is 2.64 bits per heavy atom. The van der Waals surface area contributed by atoms with Gasteiger partial charge in [0.2, 0.25) is 0 Å². The lowest BCUT2D eigenvalue weighted by atomic mass is 9.65. The summed E-state index contributed by atoms with van der Waals surface area (Å²) in [4.78, 5) is 0. The molecule has 1 spiro atoms. The van der Waals surface area contributed by atoms with Gasteiger partial charge in [-0.15, -0.1) is 0 Å². The van der Waals surface area contributed by atoms with E-state index >= 15 is 0 Å².